The minimum atomic E-state index is -3.15. The average Bonchev–Trinajstić information content (AvgIpc) is 3.17. The van der Waals surface area contributed by atoms with Crippen molar-refractivity contribution in [3.05, 3.63) is 46.2 Å². The molecule has 1 aliphatic rings. The van der Waals surface area contributed by atoms with Crippen LogP contribution >= 0.6 is 22.9 Å². The van der Waals surface area contributed by atoms with E-state index in [2.05, 4.69) is 25.6 Å². The first-order valence-corrected chi connectivity index (χ1v) is 10.8. The van der Waals surface area contributed by atoms with Gasteiger partial charge < -0.3 is 20.1 Å². The summed E-state index contributed by atoms with van der Waals surface area (Å²) in [6.07, 6.45) is 1.50. The maximum Gasteiger partial charge on any atom is 0.263 e. The predicted octanol–water partition coefficient (Wildman–Crippen LogP) is 4.77. The lowest BCUT2D eigenvalue weighted by Gasteiger charge is -2.11. The number of amides is 1. The van der Waals surface area contributed by atoms with Gasteiger partial charge in [0.05, 0.1) is 27.5 Å². The van der Waals surface area contributed by atoms with E-state index in [1.807, 2.05) is 6.92 Å². The van der Waals surface area contributed by atoms with Crippen LogP contribution in [0.25, 0.3) is 21.0 Å². The first kappa shape index (κ1) is 14.9. The molecular weight excluding hydrogens is 450 g/mol. The molecule has 1 atom stereocenters. The van der Waals surface area contributed by atoms with E-state index in [0.29, 0.717) is 33.2 Å². The van der Waals surface area contributed by atoms with Gasteiger partial charge in [-0.15, -0.1) is 11.3 Å². The number of thiophene rings is 1. The zero-order chi connectivity index (χ0) is 27.5. The molecule has 32 heavy (non-hydrogen) atoms. The molecule has 8 nitrogen and oxygen atoms in total. The van der Waals surface area contributed by atoms with E-state index < -0.39 is 25.3 Å². The van der Waals surface area contributed by atoms with Crippen LogP contribution in [0.2, 0.25) is 5.28 Å². The van der Waals surface area contributed by atoms with Gasteiger partial charge in [-0.05, 0) is 43.6 Å². The van der Waals surface area contributed by atoms with Crippen molar-refractivity contribution in [1.82, 2.24) is 20.3 Å². The summed E-state index contributed by atoms with van der Waals surface area (Å²) in [5.74, 6) is -0.484. The molecule has 0 radical (unpaired) electrons. The summed E-state index contributed by atoms with van der Waals surface area (Å²) in [6, 6.07) is 3.78. The second-order valence-corrected chi connectivity index (χ2v) is 8.14. The molecule has 0 aliphatic carbocycles. The van der Waals surface area contributed by atoms with Crippen LogP contribution < -0.4 is 15.4 Å². The van der Waals surface area contributed by atoms with Gasteiger partial charge >= 0.3 is 0 Å². The quantitative estimate of drug-likeness (QED) is 0.401. The summed E-state index contributed by atoms with van der Waals surface area (Å²) < 4.78 is 60.2. The molecule has 0 spiro atoms. The molecule has 4 heterocycles. The Labute approximate surface area is 201 Å². The number of ether oxygens (including phenoxy) is 2. The molecular formula is C22H20ClN5O3S. The van der Waals surface area contributed by atoms with Crippen LogP contribution in [-0.4, -0.2) is 40.0 Å². The Bertz CT molecular complexity index is 1580. The molecule has 1 aromatic carbocycles. The number of halogens is 1. The van der Waals surface area contributed by atoms with Crippen molar-refractivity contribution in [2.75, 3.05) is 18.4 Å². The number of pyridine rings is 1. The Morgan fingerprint density at radius 3 is 3.12 bits per heavy atom. The Morgan fingerprint density at radius 1 is 1.38 bits per heavy atom. The molecule has 0 bridgehead atoms. The van der Waals surface area contributed by atoms with Gasteiger partial charge in [-0.3, -0.25) is 4.79 Å². The Kier molecular flexibility index (Phi) is 3.97. The third kappa shape index (κ3) is 3.83. The monoisotopic (exact) mass is 475 g/mol. The molecule has 2 N–H and O–H groups in total. The zero-order valence-electron chi connectivity index (χ0n) is 22.7. The fourth-order valence-electron chi connectivity index (χ4n) is 3.31. The van der Waals surface area contributed by atoms with Crippen LogP contribution in [0.5, 0.6) is 11.8 Å². The van der Waals surface area contributed by atoms with Crippen LogP contribution in [0.3, 0.4) is 0 Å². The van der Waals surface area contributed by atoms with Crippen molar-refractivity contribution in [2.45, 2.75) is 26.4 Å². The summed E-state index contributed by atoms with van der Waals surface area (Å²) in [7, 11) is 0. The summed E-state index contributed by atoms with van der Waals surface area (Å²) in [4.78, 5) is 25.7. The Morgan fingerprint density at radius 2 is 2.28 bits per heavy atom. The molecule has 164 valence electrons. The van der Waals surface area contributed by atoms with Crippen molar-refractivity contribution in [2.24, 2.45) is 0 Å². The first-order valence-electron chi connectivity index (χ1n) is 12.6. The van der Waals surface area contributed by atoms with Crippen molar-refractivity contribution >= 4 is 55.5 Å². The molecule has 0 saturated carbocycles. The molecule has 1 amide bonds. The molecule has 0 fully saturated rings. The fraction of sp³-hybridized carbons (Fsp3) is 0.273. The van der Waals surface area contributed by atoms with Gasteiger partial charge in [0.25, 0.3) is 5.91 Å². The largest absolute Gasteiger partial charge is 0.420 e. The van der Waals surface area contributed by atoms with Gasteiger partial charge in [0, 0.05) is 51.0 Å². The van der Waals surface area contributed by atoms with E-state index >= 15 is 0 Å². The van der Waals surface area contributed by atoms with E-state index in [0.717, 1.165) is 11.3 Å². The van der Waals surface area contributed by atoms with Crippen LogP contribution in [-0.2, 0) is 11.3 Å². The van der Waals surface area contributed by atoms with E-state index in [4.69, 9.17) is 29.3 Å². The number of aromatic nitrogens is 3. The highest BCUT2D eigenvalue weighted by atomic mass is 35.5. The topological polar surface area (TPSA) is 98.3 Å². The highest BCUT2D eigenvalue weighted by Crippen LogP contribution is 2.41. The molecule has 10 heteroatoms. The predicted molar refractivity (Wildman–Crippen MR) is 125 cm³/mol. The van der Waals surface area contributed by atoms with Crippen LogP contribution in [0, 0.1) is 0 Å². The number of nitrogens with zero attached hydrogens (tertiary/aromatic N) is 3. The lowest BCUT2D eigenvalue weighted by Crippen LogP contribution is -2.34. The molecule has 3 aromatic heterocycles. The minimum Gasteiger partial charge on any atom is -0.420 e. The maximum absolute atomic E-state index is 13.0. The van der Waals surface area contributed by atoms with Crippen molar-refractivity contribution < 1.29 is 22.5 Å². The third-order valence-electron chi connectivity index (χ3n) is 4.71. The highest BCUT2D eigenvalue weighted by Gasteiger charge is 2.24. The standard InChI is InChI=1S/C22H20ClN5O3S/c1-3-30-10-12-9-25-22(23)28-21(12)31-16-7-4-13-14(27-16)5-6-15-17(13)18-19(32-15)20(29)26-11(2)8-24-18/h4-7,9,11,24H,3,8,10H2,1-2H3,(H,26,29)/i2D3,8D2,11D. The van der Waals surface area contributed by atoms with Crippen LogP contribution in [0.15, 0.2) is 30.5 Å². The summed E-state index contributed by atoms with van der Waals surface area (Å²) in [6.45, 7) is -3.44. The molecule has 1 unspecified atom stereocenters. The summed E-state index contributed by atoms with van der Waals surface area (Å²) in [5, 5.41) is 5.64. The van der Waals surface area contributed by atoms with Crippen molar-refractivity contribution in [1.29, 1.82) is 0 Å². The van der Waals surface area contributed by atoms with Gasteiger partial charge in [0.1, 0.15) is 4.88 Å². The van der Waals surface area contributed by atoms with E-state index in [-0.39, 0.29) is 34.2 Å². The second-order valence-electron chi connectivity index (χ2n) is 6.75. The number of carbonyl (C=O) groups excluding carboxylic acids is 1. The van der Waals surface area contributed by atoms with Gasteiger partial charge in [0.2, 0.25) is 17.0 Å². The number of anilines is 1. The van der Waals surface area contributed by atoms with Crippen molar-refractivity contribution in [3.8, 4) is 11.8 Å². The lowest BCUT2D eigenvalue weighted by molar-refractivity contribution is 0.0949. The van der Waals surface area contributed by atoms with Gasteiger partial charge in [0.15, 0.2) is 0 Å². The number of hydrogen-bond donors (Lipinski definition) is 2. The van der Waals surface area contributed by atoms with E-state index in [1.165, 1.54) is 6.20 Å². The van der Waals surface area contributed by atoms with Crippen LogP contribution in [0.4, 0.5) is 5.69 Å². The number of benzene rings is 1. The SMILES string of the molecule is [2H]C([2H])([2H])C1([2H])NC(=O)c2sc3ccc4nc(Oc5nc(Cl)ncc5COCC)ccc4c3c2NC1([2H])[2H]. The lowest BCUT2D eigenvalue weighted by atomic mass is 10.1. The third-order valence-corrected chi connectivity index (χ3v) is 6.05. The Balaban J connectivity index is 1.59. The summed E-state index contributed by atoms with van der Waals surface area (Å²) in [5.41, 5.74) is 1.12. The highest BCUT2D eigenvalue weighted by molar-refractivity contribution is 7.21. The second kappa shape index (κ2) is 8.50. The Hall–Kier alpha value is -3.01. The molecule has 4 aromatic rings. The number of rotatable bonds is 5. The molecule has 5 rings (SSSR count). The minimum absolute atomic E-state index is 0.00939. The van der Waals surface area contributed by atoms with Crippen LogP contribution in [0.1, 0.15) is 37.2 Å². The van der Waals surface area contributed by atoms with Crippen molar-refractivity contribution in [3.63, 3.8) is 0 Å². The average molecular weight is 476 g/mol. The van der Waals surface area contributed by atoms with Gasteiger partial charge in [-0.2, -0.15) is 4.98 Å². The smallest absolute Gasteiger partial charge is 0.263 e. The fourth-order valence-corrected chi connectivity index (χ4v) is 4.51. The summed E-state index contributed by atoms with van der Waals surface area (Å²) >= 11 is 7.00. The van der Waals surface area contributed by atoms with E-state index in [9.17, 15) is 4.79 Å². The number of hydrogen-bond acceptors (Lipinski definition) is 8. The number of fused-ring (bicyclic) bond motifs is 5. The molecule has 1 aliphatic heterocycles. The molecule has 0 saturated heterocycles. The normalized spacial score (nSPS) is 22.9. The first-order chi connectivity index (χ1) is 17.8. The zero-order valence-corrected chi connectivity index (χ0v) is 18.2. The number of nitrogens with one attached hydrogen (secondary N) is 2. The maximum atomic E-state index is 13.0. The van der Waals surface area contributed by atoms with Gasteiger partial charge in [-0.25, -0.2) is 9.97 Å². The number of carbonyl (C=O) groups is 1. The van der Waals surface area contributed by atoms with E-state index in [1.54, 1.807) is 24.3 Å². The van der Waals surface area contributed by atoms with Gasteiger partial charge in [-0.1, -0.05) is 0 Å².